The normalized spacial score (nSPS) is 10.9. The summed E-state index contributed by atoms with van der Waals surface area (Å²) in [7, 11) is 1.55. The van der Waals surface area contributed by atoms with E-state index in [-0.39, 0.29) is 5.75 Å². The highest BCUT2D eigenvalue weighted by atomic mass is 35.5. The van der Waals surface area contributed by atoms with Crippen molar-refractivity contribution >= 4 is 33.2 Å². The van der Waals surface area contributed by atoms with Crippen LogP contribution < -0.4 is 4.74 Å². The summed E-state index contributed by atoms with van der Waals surface area (Å²) in [5.74, 6) is 0.623. The smallest absolute Gasteiger partial charge is 0.164 e. The summed E-state index contributed by atoms with van der Waals surface area (Å²) in [5.41, 5.74) is 2.71. The second-order valence-electron chi connectivity index (χ2n) is 4.42. The fraction of sp³-hybridized carbons (Fsp3) is 0.133. The zero-order chi connectivity index (χ0) is 14.3. The molecule has 0 unspecified atom stereocenters. The molecule has 20 heavy (non-hydrogen) atoms. The number of halogens is 1. The van der Waals surface area contributed by atoms with Gasteiger partial charge in [-0.3, -0.25) is 0 Å². The lowest BCUT2D eigenvalue weighted by Gasteiger charge is -2.10. The summed E-state index contributed by atoms with van der Waals surface area (Å²) in [6.07, 6.45) is 0. The number of hydrogen-bond donors (Lipinski definition) is 1. The van der Waals surface area contributed by atoms with E-state index in [1.54, 1.807) is 24.5 Å². The number of thiazole rings is 1. The number of aromatic nitrogens is 1. The van der Waals surface area contributed by atoms with Crippen molar-refractivity contribution in [3.05, 3.63) is 40.9 Å². The summed E-state index contributed by atoms with van der Waals surface area (Å²) < 4.78 is 6.32. The van der Waals surface area contributed by atoms with E-state index in [9.17, 15) is 5.11 Å². The van der Waals surface area contributed by atoms with Crippen LogP contribution in [0, 0.1) is 6.92 Å². The molecule has 1 heterocycles. The predicted molar refractivity (Wildman–Crippen MR) is 83.0 cm³/mol. The molecule has 3 nitrogen and oxygen atoms in total. The van der Waals surface area contributed by atoms with Crippen molar-refractivity contribution in [1.29, 1.82) is 0 Å². The topological polar surface area (TPSA) is 42.4 Å². The van der Waals surface area contributed by atoms with Gasteiger partial charge < -0.3 is 9.84 Å². The van der Waals surface area contributed by atoms with Crippen LogP contribution in [0.2, 0.25) is 5.02 Å². The van der Waals surface area contributed by atoms with Crippen molar-refractivity contribution in [3.63, 3.8) is 0 Å². The van der Waals surface area contributed by atoms with Gasteiger partial charge >= 0.3 is 0 Å². The fourth-order valence-corrected chi connectivity index (χ4v) is 3.38. The molecule has 102 valence electrons. The van der Waals surface area contributed by atoms with Crippen molar-refractivity contribution in [2.24, 2.45) is 0 Å². The zero-order valence-electron chi connectivity index (χ0n) is 11.0. The van der Waals surface area contributed by atoms with E-state index in [0.29, 0.717) is 10.8 Å². The largest absolute Gasteiger partial charge is 0.504 e. The van der Waals surface area contributed by atoms with Gasteiger partial charge in [0.1, 0.15) is 5.01 Å². The first-order valence-electron chi connectivity index (χ1n) is 6.03. The van der Waals surface area contributed by atoms with Gasteiger partial charge in [-0.25, -0.2) is 4.98 Å². The van der Waals surface area contributed by atoms with Crippen molar-refractivity contribution in [1.82, 2.24) is 4.98 Å². The van der Waals surface area contributed by atoms with Crippen molar-refractivity contribution in [2.45, 2.75) is 6.92 Å². The maximum atomic E-state index is 9.78. The van der Waals surface area contributed by atoms with Gasteiger partial charge in [-0.05, 0) is 37.3 Å². The summed E-state index contributed by atoms with van der Waals surface area (Å²) >= 11 is 7.58. The molecule has 3 aromatic rings. The Bertz CT molecular complexity index is 798. The molecule has 0 aliphatic heterocycles. The molecule has 0 amide bonds. The molecular formula is C15H12ClNO2S. The minimum atomic E-state index is 0.137. The van der Waals surface area contributed by atoms with E-state index in [1.165, 1.54) is 0 Å². The number of phenolic OH excluding ortho intramolecular Hbond substituents is 1. The Balaban J connectivity index is 2.20. The van der Waals surface area contributed by atoms with E-state index in [1.807, 2.05) is 31.2 Å². The van der Waals surface area contributed by atoms with Gasteiger partial charge in [-0.1, -0.05) is 11.6 Å². The Morgan fingerprint density at radius 2 is 2.05 bits per heavy atom. The average Bonchev–Trinajstić information content (AvgIpc) is 2.81. The highest BCUT2D eigenvalue weighted by Crippen LogP contribution is 2.39. The molecule has 5 heteroatoms. The van der Waals surface area contributed by atoms with E-state index in [4.69, 9.17) is 16.3 Å². The Kier molecular flexibility index (Phi) is 3.28. The number of aromatic hydroxyl groups is 1. The third-order valence-electron chi connectivity index (χ3n) is 3.17. The Labute approximate surface area is 125 Å². The molecule has 0 aliphatic rings. The maximum absolute atomic E-state index is 9.78. The third kappa shape index (κ3) is 2.11. The summed E-state index contributed by atoms with van der Waals surface area (Å²) in [5, 5.41) is 11.3. The number of methoxy groups -OCH3 is 1. The van der Waals surface area contributed by atoms with Gasteiger partial charge in [-0.2, -0.15) is 0 Å². The molecule has 0 bridgehead atoms. The minimum absolute atomic E-state index is 0.137. The Hall–Kier alpha value is -1.78. The first kappa shape index (κ1) is 13.2. The minimum Gasteiger partial charge on any atom is -0.504 e. The summed E-state index contributed by atoms with van der Waals surface area (Å²) in [6, 6.07) is 9.15. The molecule has 2 aromatic carbocycles. The quantitative estimate of drug-likeness (QED) is 0.750. The first-order valence-corrected chi connectivity index (χ1v) is 7.22. The number of nitrogens with zero attached hydrogens (tertiary/aromatic N) is 1. The molecule has 3 rings (SSSR count). The fourth-order valence-electron chi connectivity index (χ4n) is 2.18. The lowest BCUT2D eigenvalue weighted by atomic mass is 10.1. The van der Waals surface area contributed by atoms with Gasteiger partial charge in [-0.15, -0.1) is 11.3 Å². The van der Waals surface area contributed by atoms with Crippen LogP contribution >= 0.6 is 22.9 Å². The number of rotatable bonds is 2. The number of fused-ring (bicyclic) bond motifs is 1. The maximum Gasteiger partial charge on any atom is 0.164 e. The van der Waals surface area contributed by atoms with Crippen LogP contribution in [0.15, 0.2) is 30.3 Å². The highest BCUT2D eigenvalue weighted by Gasteiger charge is 2.14. The molecule has 0 aliphatic carbocycles. The van der Waals surface area contributed by atoms with Crippen molar-refractivity contribution in [2.75, 3.05) is 7.11 Å². The van der Waals surface area contributed by atoms with E-state index >= 15 is 0 Å². The number of hydrogen-bond acceptors (Lipinski definition) is 4. The van der Waals surface area contributed by atoms with Gasteiger partial charge in [0.05, 0.1) is 17.3 Å². The number of phenols is 1. The zero-order valence-corrected chi connectivity index (χ0v) is 12.5. The van der Waals surface area contributed by atoms with E-state index in [2.05, 4.69) is 4.98 Å². The average molecular weight is 306 g/mol. The SMILES string of the molecule is COc1c(O)ccc(-c2nc3cc(Cl)ccc3s2)c1C. The van der Waals surface area contributed by atoms with Gasteiger partial charge in [0.25, 0.3) is 0 Å². The Morgan fingerprint density at radius 3 is 2.80 bits per heavy atom. The molecule has 1 aromatic heterocycles. The Morgan fingerprint density at radius 1 is 1.25 bits per heavy atom. The van der Waals surface area contributed by atoms with Crippen LogP contribution in [0.4, 0.5) is 0 Å². The molecule has 0 atom stereocenters. The second-order valence-corrected chi connectivity index (χ2v) is 5.89. The third-order valence-corrected chi connectivity index (χ3v) is 4.47. The van der Waals surface area contributed by atoms with Crippen LogP contribution in [0.25, 0.3) is 20.8 Å². The van der Waals surface area contributed by atoms with E-state index in [0.717, 1.165) is 26.4 Å². The van der Waals surface area contributed by atoms with Crippen LogP contribution in [0.1, 0.15) is 5.56 Å². The summed E-state index contributed by atoms with van der Waals surface area (Å²) in [6.45, 7) is 1.91. The molecule has 0 saturated carbocycles. The van der Waals surface area contributed by atoms with Crippen LogP contribution in [-0.4, -0.2) is 17.2 Å². The molecule has 1 N–H and O–H groups in total. The summed E-state index contributed by atoms with van der Waals surface area (Å²) in [4.78, 5) is 4.61. The van der Waals surface area contributed by atoms with Crippen LogP contribution in [0.5, 0.6) is 11.5 Å². The molecule has 0 saturated heterocycles. The predicted octanol–water partition coefficient (Wildman–Crippen LogP) is 4.64. The highest BCUT2D eigenvalue weighted by molar-refractivity contribution is 7.21. The molecule has 0 spiro atoms. The van der Waals surface area contributed by atoms with Crippen molar-refractivity contribution in [3.8, 4) is 22.1 Å². The number of ether oxygens (including phenoxy) is 1. The molecular weight excluding hydrogens is 294 g/mol. The van der Waals surface area contributed by atoms with E-state index < -0.39 is 0 Å². The van der Waals surface area contributed by atoms with Gasteiger partial charge in [0, 0.05) is 16.1 Å². The van der Waals surface area contributed by atoms with Crippen molar-refractivity contribution < 1.29 is 9.84 Å². The molecule has 0 radical (unpaired) electrons. The number of benzene rings is 2. The second kappa shape index (κ2) is 4.96. The molecule has 0 fully saturated rings. The lowest BCUT2D eigenvalue weighted by Crippen LogP contribution is -1.90. The van der Waals surface area contributed by atoms with Crippen LogP contribution in [0.3, 0.4) is 0 Å². The van der Waals surface area contributed by atoms with Gasteiger partial charge in [0.15, 0.2) is 11.5 Å². The van der Waals surface area contributed by atoms with Gasteiger partial charge in [0.2, 0.25) is 0 Å². The standard InChI is InChI=1S/C15H12ClNO2S/c1-8-10(4-5-12(18)14(8)19-2)15-17-11-7-9(16)3-6-13(11)20-15/h3-7,18H,1-2H3. The monoisotopic (exact) mass is 305 g/mol. The van der Waals surface area contributed by atoms with Crippen LogP contribution in [-0.2, 0) is 0 Å². The first-order chi connectivity index (χ1) is 9.60. The lowest BCUT2D eigenvalue weighted by molar-refractivity contribution is 0.371.